The molecule has 0 unspecified atom stereocenters. The minimum Gasteiger partial charge on any atom is -0.369 e. The maximum atomic E-state index is 11.7. The summed E-state index contributed by atoms with van der Waals surface area (Å²) in [7, 11) is 0. The van der Waals surface area contributed by atoms with Crippen molar-refractivity contribution in [1.29, 1.82) is 0 Å². The first-order valence-corrected chi connectivity index (χ1v) is 5.40. The smallest absolute Gasteiger partial charge is 0.255 e. The number of pyridine rings is 1. The van der Waals surface area contributed by atoms with Gasteiger partial charge in [-0.2, -0.15) is 0 Å². The van der Waals surface area contributed by atoms with E-state index in [0.29, 0.717) is 11.4 Å². The van der Waals surface area contributed by atoms with Gasteiger partial charge in [0.15, 0.2) is 0 Å². The summed E-state index contributed by atoms with van der Waals surface area (Å²) in [6.45, 7) is 2.57. The van der Waals surface area contributed by atoms with Crippen molar-refractivity contribution in [2.45, 2.75) is 13.3 Å². The van der Waals surface area contributed by atoms with Gasteiger partial charge in [-0.15, -0.1) is 0 Å². The topological polar surface area (TPSA) is 97.1 Å². The van der Waals surface area contributed by atoms with E-state index in [0.717, 1.165) is 13.0 Å². The second-order valence-corrected chi connectivity index (χ2v) is 3.48. The number of amides is 2. The average molecular weight is 236 g/mol. The number of nitrogens with two attached hydrogens (primary N) is 1. The molecule has 0 atom stereocenters. The third kappa shape index (κ3) is 4.10. The number of anilines is 1. The lowest BCUT2D eigenvalue weighted by Gasteiger charge is -2.09. The molecule has 1 aromatic rings. The second kappa shape index (κ2) is 6.47. The maximum absolute atomic E-state index is 11.7. The summed E-state index contributed by atoms with van der Waals surface area (Å²) in [6, 6.07) is 3.30. The molecule has 0 radical (unpaired) electrons. The largest absolute Gasteiger partial charge is 0.369 e. The van der Waals surface area contributed by atoms with E-state index in [4.69, 9.17) is 5.73 Å². The van der Waals surface area contributed by atoms with Crippen molar-refractivity contribution in [1.82, 2.24) is 10.3 Å². The van der Waals surface area contributed by atoms with E-state index >= 15 is 0 Å². The zero-order valence-electron chi connectivity index (χ0n) is 9.69. The van der Waals surface area contributed by atoms with E-state index in [1.165, 1.54) is 0 Å². The van der Waals surface area contributed by atoms with Gasteiger partial charge >= 0.3 is 0 Å². The van der Waals surface area contributed by atoms with Gasteiger partial charge in [-0.05, 0) is 18.6 Å². The molecular weight excluding hydrogens is 220 g/mol. The lowest BCUT2D eigenvalue weighted by atomic mass is 10.2. The molecule has 0 saturated heterocycles. The number of primary amides is 1. The molecule has 0 aliphatic heterocycles. The number of rotatable bonds is 6. The van der Waals surface area contributed by atoms with Crippen LogP contribution in [-0.4, -0.2) is 29.9 Å². The van der Waals surface area contributed by atoms with Crippen molar-refractivity contribution in [3.63, 3.8) is 0 Å². The third-order valence-electron chi connectivity index (χ3n) is 2.02. The van der Waals surface area contributed by atoms with Crippen molar-refractivity contribution in [3.05, 3.63) is 23.9 Å². The fourth-order valence-corrected chi connectivity index (χ4v) is 1.24. The van der Waals surface area contributed by atoms with Gasteiger partial charge in [0.25, 0.3) is 5.91 Å². The van der Waals surface area contributed by atoms with Crippen LogP contribution in [0.5, 0.6) is 0 Å². The Hall–Kier alpha value is -2.11. The van der Waals surface area contributed by atoms with Crippen LogP contribution in [-0.2, 0) is 4.79 Å². The summed E-state index contributed by atoms with van der Waals surface area (Å²) < 4.78 is 0. The van der Waals surface area contributed by atoms with Crippen molar-refractivity contribution < 1.29 is 9.59 Å². The maximum Gasteiger partial charge on any atom is 0.255 e. The SMILES string of the molecule is CCCNc1ncccc1C(=O)NCC(N)=O. The van der Waals surface area contributed by atoms with Crippen LogP contribution in [0.2, 0.25) is 0 Å². The average Bonchev–Trinajstić information content (AvgIpc) is 2.33. The number of carbonyl (C=O) groups excluding carboxylic acids is 2. The van der Waals surface area contributed by atoms with E-state index in [-0.39, 0.29) is 12.5 Å². The van der Waals surface area contributed by atoms with Gasteiger partial charge in [-0.3, -0.25) is 9.59 Å². The highest BCUT2D eigenvalue weighted by molar-refractivity contribution is 6.00. The van der Waals surface area contributed by atoms with Gasteiger partial charge in [0.05, 0.1) is 12.1 Å². The third-order valence-corrected chi connectivity index (χ3v) is 2.02. The van der Waals surface area contributed by atoms with E-state index in [1.807, 2.05) is 6.92 Å². The standard InChI is InChI=1S/C11H16N4O2/c1-2-5-13-10-8(4-3-6-14-10)11(17)15-7-9(12)16/h3-4,6H,2,5,7H2,1H3,(H2,12,16)(H,13,14)(H,15,17). The molecule has 2 amide bonds. The minimum absolute atomic E-state index is 0.180. The van der Waals surface area contributed by atoms with Gasteiger partial charge in [0.1, 0.15) is 5.82 Å². The van der Waals surface area contributed by atoms with Crippen LogP contribution in [0.1, 0.15) is 23.7 Å². The lowest BCUT2D eigenvalue weighted by Crippen LogP contribution is -2.33. The molecule has 0 aliphatic rings. The Balaban J connectivity index is 2.74. The molecule has 1 rings (SSSR count). The van der Waals surface area contributed by atoms with Crippen molar-refractivity contribution in [3.8, 4) is 0 Å². The van der Waals surface area contributed by atoms with Crippen LogP contribution in [0, 0.1) is 0 Å². The molecule has 0 spiro atoms. The summed E-state index contributed by atoms with van der Waals surface area (Å²) >= 11 is 0. The quantitative estimate of drug-likeness (QED) is 0.653. The first-order valence-electron chi connectivity index (χ1n) is 5.40. The Bertz CT molecular complexity index is 406. The summed E-state index contributed by atoms with van der Waals surface area (Å²) in [5, 5.41) is 5.47. The van der Waals surface area contributed by atoms with Crippen molar-refractivity contribution in [2.75, 3.05) is 18.4 Å². The minimum atomic E-state index is -0.578. The van der Waals surface area contributed by atoms with Crippen LogP contribution in [0.25, 0.3) is 0 Å². The monoisotopic (exact) mass is 236 g/mol. The zero-order valence-corrected chi connectivity index (χ0v) is 9.69. The zero-order chi connectivity index (χ0) is 12.7. The number of carbonyl (C=O) groups is 2. The second-order valence-electron chi connectivity index (χ2n) is 3.48. The van der Waals surface area contributed by atoms with Gasteiger partial charge in [0, 0.05) is 12.7 Å². The highest BCUT2D eigenvalue weighted by Crippen LogP contribution is 2.10. The van der Waals surface area contributed by atoms with Crippen LogP contribution >= 0.6 is 0 Å². The molecular formula is C11H16N4O2. The van der Waals surface area contributed by atoms with Gasteiger partial charge in [0.2, 0.25) is 5.91 Å². The first-order chi connectivity index (χ1) is 8.15. The summed E-state index contributed by atoms with van der Waals surface area (Å²) in [6.07, 6.45) is 2.53. The van der Waals surface area contributed by atoms with Gasteiger partial charge in [-0.1, -0.05) is 6.92 Å². The van der Waals surface area contributed by atoms with Gasteiger partial charge in [-0.25, -0.2) is 4.98 Å². The predicted molar refractivity (Wildman–Crippen MR) is 64.5 cm³/mol. The van der Waals surface area contributed by atoms with Crippen LogP contribution in [0.15, 0.2) is 18.3 Å². The number of nitrogens with one attached hydrogen (secondary N) is 2. The van der Waals surface area contributed by atoms with Crippen molar-refractivity contribution >= 4 is 17.6 Å². The van der Waals surface area contributed by atoms with Crippen LogP contribution in [0.3, 0.4) is 0 Å². The van der Waals surface area contributed by atoms with E-state index in [2.05, 4.69) is 15.6 Å². The Morgan fingerprint density at radius 3 is 2.88 bits per heavy atom. The number of aromatic nitrogens is 1. The summed E-state index contributed by atoms with van der Waals surface area (Å²) in [5.41, 5.74) is 5.36. The highest BCUT2D eigenvalue weighted by atomic mass is 16.2. The number of hydrogen-bond donors (Lipinski definition) is 3. The Kier molecular flexibility index (Phi) is 4.93. The normalized spacial score (nSPS) is 9.71. The van der Waals surface area contributed by atoms with Crippen molar-refractivity contribution in [2.24, 2.45) is 5.73 Å². The Labute approximate surface area is 99.6 Å². The molecule has 0 aromatic carbocycles. The highest BCUT2D eigenvalue weighted by Gasteiger charge is 2.11. The molecule has 0 fully saturated rings. The molecule has 0 saturated carbocycles. The summed E-state index contributed by atoms with van der Waals surface area (Å²) in [4.78, 5) is 26.4. The van der Waals surface area contributed by atoms with Gasteiger partial charge < -0.3 is 16.4 Å². The first kappa shape index (κ1) is 13.0. The fraction of sp³-hybridized carbons (Fsp3) is 0.364. The lowest BCUT2D eigenvalue weighted by molar-refractivity contribution is -0.117. The van der Waals surface area contributed by atoms with E-state index < -0.39 is 5.91 Å². The molecule has 6 nitrogen and oxygen atoms in total. The number of nitrogens with zero attached hydrogens (tertiary/aromatic N) is 1. The molecule has 4 N–H and O–H groups in total. The molecule has 6 heteroatoms. The molecule has 0 bridgehead atoms. The van der Waals surface area contributed by atoms with E-state index in [9.17, 15) is 9.59 Å². The fourth-order valence-electron chi connectivity index (χ4n) is 1.24. The number of hydrogen-bond acceptors (Lipinski definition) is 4. The van der Waals surface area contributed by atoms with Crippen LogP contribution < -0.4 is 16.4 Å². The van der Waals surface area contributed by atoms with Crippen LogP contribution in [0.4, 0.5) is 5.82 Å². The van der Waals surface area contributed by atoms with E-state index in [1.54, 1.807) is 18.3 Å². The predicted octanol–water partition coefficient (Wildman–Crippen LogP) is 0.119. The molecule has 1 aromatic heterocycles. The molecule has 17 heavy (non-hydrogen) atoms. The molecule has 1 heterocycles. The summed E-state index contributed by atoms with van der Waals surface area (Å²) in [5.74, 6) is -0.433. The molecule has 92 valence electrons. The Morgan fingerprint density at radius 1 is 1.47 bits per heavy atom. The Morgan fingerprint density at radius 2 is 2.24 bits per heavy atom. The molecule has 0 aliphatic carbocycles.